The van der Waals surface area contributed by atoms with Gasteiger partial charge in [-0.3, -0.25) is 4.98 Å². The predicted octanol–water partition coefficient (Wildman–Crippen LogP) is 0.178. The molecule has 0 saturated heterocycles. The minimum absolute atomic E-state index is 0.0692. The van der Waals surface area contributed by atoms with E-state index < -0.39 is 6.23 Å². The van der Waals surface area contributed by atoms with Gasteiger partial charge in [0.25, 0.3) is 0 Å². The molecule has 0 aliphatic rings. The van der Waals surface area contributed by atoms with E-state index in [2.05, 4.69) is 4.98 Å². The van der Waals surface area contributed by atoms with Crippen molar-refractivity contribution in [2.75, 3.05) is 7.11 Å². The number of aliphatic hydroxyl groups excluding tert-OH is 1. The quantitative estimate of drug-likeness (QED) is 0.631. The number of rotatable bonds is 3. The molecular weight excluding hydrogens is 156 g/mol. The van der Waals surface area contributed by atoms with Crippen LogP contribution in [-0.2, 0) is 11.3 Å². The molecule has 66 valence electrons. The van der Waals surface area contributed by atoms with Gasteiger partial charge in [-0.2, -0.15) is 0 Å². The fraction of sp³-hybridized carbons (Fsp3) is 0.375. The molecule has 4 nitrogen and oxygen atoms in total. The summed E-state index contributed by atoms with van der Waals surface area (Å²) in [6.07, 6.45) is 1.06. The minimum Gasteiger partial charge on any atom is -0.392 e. The third-order valence-electron chi connectivity index (χ3n) is 1.62. The number of aliphatic hydroxyl groups is 1. The van der Waals surface area contributed by atoms with Gasteiger partial charge in [0.2, 0.25) is 0 Å². The van der Waals surface area contributed by atoms with Crippen molar-refractivity contribution < 1.29 is 9.84 Å². The van der Waals surface area contributed by atoms with Crippen LogP contribution in [0.4, 0.5) is 0 Å². The zero-order valence-corrected chi connectivity index (χ0v) is 6.90. The van der Waals surface area contributed by atoms with E-state index in [0.717, 1.165) is 0 Å². The molecule has 1 unspecified atom stereocenters. The first kappa shape index (κ1) is 9.12. The Hall–Kier alpha value is -0.970. The Morgan fingerprint density at radius 1 is 1.75 bits per heavy atom. The predicted molar refractivity (Wildman–Crippen MR) is 44.1 cm³/mol. The maximum atomic E-state index is 8.91. The second-order valence-corrected chi connectivity index (χ2v) is 2.36. The summed E-state index contributed by atoms with van der Waals surface area (Å²) in [5.41, 5.74) is 6.86. The van der Waals surface area contributed by atoms with E-state index in [0.29, 0.717) is 11.3 Å². The fourth-order valence-corrected chi connectivity index (χ4v) is 0.952. The van der Waals surface area contributed by atoms with E-state index in [-0.39, 0.29) is 6.61 Å². The van der Waals surface area contributed by atoms with Crippen molar-refractivity contribution in [2.45, 2.75) is 12.8 Å². The molecule has 0 bridgehead atoms. The van der Waals surface area contributed by atoms with Crippen molar-refractivity contribution in [3.05, 3.63) is 29.6 Å². The molecule has 12 heavy (non-hydrogen) atoms. The molecule has 0 aromatic carbocycles. The zero-order valence-electron chi connectivity index (χ0n) is 6.90. The van der Waals surface area contributed by atoms with Crippen LogP contribution < -0.4 is 5.73 Å². The van der Waals surface area contributed by atoms with Crippen LogP contribution in [0.15, 0.2) is 18.3 Å². The maximum Gasteiger partial charge on any atom is 0.148 e. The first-order valence-electron chi connectivity index (χ1n) is 3.62. The van der Waals surface area contributed by atoms with Crippen LogP contribution in [0.5, 0.6) is 0 Å². The average molecular weight is 168 g/mol. The molecule has 0 spiro atoms. The Bertz CT molecular complexity index is 253. The maximum absolute atomic E-state index is 8.91. The minimum atomic E-state index is -0.562. The lowest BCUT2D eigenvalue weighted by molar-refractivity contribution is 0.103. The lowest BCUT2D eigenvalue weighted by Crippen LogP contribution is -2.16. The summed E-state index contributed by atoms with van der Waals surface area (Å²) < 4.78 is 4.88. The largest absolute Gasteiger partial charge is 0.392 e. The highest BCUT2D eigenvalue weighted by Gasteiger charge is 2.09. The normalized spacial score (nSPS) is 12.9. The van der Waals surface area contributed by atoms with Crippen molar-refractivity contribution in [3.63, 3.8) is 0 Å². The fourth-order valence-electron chi connectivity index (χ4n) is 0.952. The lowest BCUT2D eigenvalue weighted by atomic mass is 10.2. The summed E-state index contributed by atoms with van der Waals surface area (Å²) in [6.45, 7) is -0.0692. The Morgan fingerprint density at radius 3 is 3.08 bits per heavy atom. The van der Waals surface area contributed by atoms with E-state index >= 15 is 0 Å². The number of methoxy groups -OCH3 is 1. The van der Waals surface area contributed by atoms with Crippen LogP contribution in [0.2, 0.25) is 0 Å². The molecule has 3 N–H and O–H groups in total. The SMILES string of the molecule is COC(N)c1ncccc1CO. The van der Waals surface area contributed by atoms with Gasteiger partial charge in [-0.15, -0.1) is 0 Å². The molecule has 1 rings (SSSR count). The van der Waals surface area contributed by atoms with Gasteiger partial charge in [0.1, 0.15) is 6.23 Å². The Kier molecular flexibility index (Phi) is 3.16. The van der Waals surface area contributed by atoms with Crippen LogP contribution >= 0.6 is 0 Å². The van der Waals surface area contributed by atoms with Crippen LogP contribution in [0.1, 0.15) is 17.5 Å². The molecule has 0 fully saturated rings. The van der Waals surface area contributed by atoms with Crippen molar-refractivity contribution in [1.82, 2.24) is 4.98 Å². The van der Waals surface area contributed by atoms with Gasteiger partial charge in [0.05, 0.1) is 12.3 Å². The summed E-state index contributed by atoms with van der Waals surface area (Å²) in [5, 5.41) is 8.91. The topological polar surface area (TPSA) is 68.4 Å². The highest BCUT2D eigenvalue weighted by atomic mass is 16.5. The van der Waals surface area contributed by atoms with Crippen LogP contribution in [0.25, 0.3) is 0 Å². The third-order valence-corrected chi connectivity index (χ3v) is 1.62. The van der Waals surface area contributed by atoms with Crippen LogP contribution in [0, 0.1) is 0 Å². The van der Waals surface area contributed by atoms with Crippen molar-refractivity contribution >= 4 is 0 Å². The van der Waals surface area contributed by atoms with E-state index in [9.17, 15) is 0 Å². The summed E-state index contributed by atoms with van der Waals surface area (Å²) in [4.78, 5) is 4.01. The second kappa shape index (κ2) is 4.15. The number of hydrogen-bond acceptors (Lipinski definition) is 4. The molecule has 1 atom stereocenters. The second-order valence-electron chi connectivity index (χ2n) is 2.36. The van der Waals surface area contributed by atoms with E-state index in [1.807, 2.05) is 0 Å². The average Bonchev–Trinajstić information content (AvgIpc) is 2.16. The van der Waals surface area contributed by atoms with Gasteiger partial charge in [-0.1, -0.05) is 6.07 Å². The zero-order chi connectivity index (χ0) is 8.97. The number of pyridine rings is 1. The monoisotopic (exact) mass is 168 g/mol. The smallest absolute Gasteiger partial charge is 0.148 e. The van der Waals surface area contributed by atoms with E-state index in [1.165, 1.54) is 7.11 Å². The van der Waals surface area contributed by atoms with Crippen molar-refractivity contribution in [2.24, 2.45) is 5.73 Å². The van der Waals surface area contributed by atoms with Crippen LogP contribution in [0.3, 0.4) is 0 Å². The molecule has 0 saturated carbocycles. The summed E-state index contributed by atoms with van der Waals surface area (Å²) in [7, 11) is 1.50. The molecule has 1 heterocycles. The lowest BCUT2D eigenvalue weighted by Gasteiger charge is -2.11. The van der Waals surface area contributed by atoms with Gasteiger partial charge in [0, 0.05) is 18.9 Å². The summed E-state index contributed by atoms with van der Waals surface area (Å²) in [5.74, 6) is 0. The first-order chi connectivity index (χ1) is 5.79. The highest BCUT2D eigenvalue weighted by molar-refractivity contribution is 5.20. The summed E-state index contributed by atoms with van der Waals surface area (Å²) >= 11 is 0. The third kappa shape index (κ3) is 1.79. The molecule has 4 heteroatoms. The molecule has 1 aromatic heterocycles. The number of nitrogens with two attached hydrogens (primary N) is 1. The summed E-state index contributed by atoms with van der Waals surface area (Å²) in [6, 6.07) is 3.51. The molecule has 0 aliphatic heterocycles. The van der Waals surface area contributed by atoms with Crippen molar-refractivity contribution in [1.29, 1.82) is 0 Å². The van der Waals surface area contributed by atoms with Gasteiger partial charge in [-0.25, -0.2) is 0 Å². The Morgan fingerprint density at radius 2 is 2.50 bits per heavy atom. The molecule has 0 radical (unpaired) electrons. The van der Waals surface area contributed by atoms with E-state index in [4.69, 9.17) is 15.6 Å². The number of ether oxygens (including phenoxy) is 1. The number of aromatic nitrogens is 1. The Labute approximate surface area is 71.0 Å². The van der Waals surface area contributed by atoms with Crippen LogP contribution in [-0.4, -0.2) is 17.2 Å². The highest BCUT2D eigenvalue weighted by Crippen LogP contribution is 2.12. The number of nitrogens with zero attached hydrogens (tertiary/aromatic N) is 1. The molecule has 0 amide bonds. The molecule has 1 aromatic rings. The standard InChI is InChI=1S/C8H12N2O2/c1-12-8(9)7-6(5-11)3-2-4-10-7/h2-4,8,11H,5,9H2,1H3. The Balaban J connectivity index is 2.96. The van der Waals surface area contributed by atoms with E-state index in [1.54, 1.807) is 18.3 Å². The van der Waals surface area contributed by atoms with Gasteiger partial charge >= 0.3 is 0 Å². The molecular formula is C8H12N2O2. The molecule has 0 aliphatic carbocycles. The first-order valence-corrected chi connectivity index (χ1v) is 3.62. The van der Waals surface area contributed by atoms with Gasteiger partial charge in [-0.05, 0) is 6.07 Å². The number of hydrogen-bond donors (Lipinski definition) is 2. The van der Waals surface area contributed by atoms with Gasteiger partial charge in [0.15, 0.2) is 0 Å². The van der Waals surface area contributed by atoms with Crippen molar-refractivity contribution in [3.8, 4) is 0 Å². The van der Waals surface area contributed by atoms with Gasteiger partial charge < -0.3 is 15.6 Å².